The average Bonchev–Trinajstić information content (AvgIpc) is 3.14. The van der Waals surface area contributed by atoms with Crippen LogP contribution >= 0.6 is 11.3 Å². The highest BCUT2D eigenvalue weighted by Crippen LogP contribution is 2.21. The molecule has 0 radical (unpaired) electrons. The van der Waals surface area contributed by atoms with E-state index in [2.05, 4.69) is 31.4 Å². The van der Waals surface area contributed by atoms with Gasteiger partial charge in [0.25, 0.3) is 0 Å². The van der Waals surface area contributed by atoms with E-state index in [1.807, 2.05) is 12.1 Å². The molecule has 0 aliphatic carbocycles. The number of carbonyl (C=O) groups excluding carboxylic acids is 1. The van der Waals surface area contributed by atoms with Crippen LogP contribution in [-0.2, 0) is 0 Å². The van der Waals surface area contributed by atoms with Crippen molar-refractivity contribution in [2.24, 2.45) is 0 Å². The standard InChI is InChI=1S/C18H21N5O2S/c1-2-17-21-16(12-26-17)22-18(25)20-15(11-24)14-7-6-13(10-19-14)23-8-4-3-5-9-23/h1,6-7,10,12,15,24H,3-5,8-9,11H2,(H2,20,22,25)/t15-/m0/s1. The molecule has 0 bridgehead atoms. The van der Waals surface area contributed by atoms with Crippen LogP contribution in [-0.4, -0.2) is 40.8 Å². The fourth-order valence-corrected chi connectivity index (χ4v) is 3.42. The SMILES string of the molecule is C#Cc1nc(NC(=O)N[C@@H](CO)c2ccc(N3CCCCC3)cn2)cs1. The van der Waals surface area contributed by atoms with Crippen molar-refractivity contribution < 1.29 is 9.90 Å². The number of aromatic nitrogens is 2. The first-order valence-corrected chi connectivity index (χ1v) is 9.39. The highest BCUT2D eigenvalue weighted by Gasteiger charge is 2.17. The van der Waals surface area contributed by atoms with Crippen molar-refractivity contribution in [2.75, 3.05) is 29.9 Å². The van der Waals surface area contributed by atoms with E-state index in [0.29, 0.717) is 16.5 Å². The molecule has 1 fully saturated rings. The fraction of sp³-hybridized carbons (Fsp3) is 0.389. The second kappa shape index (κ2) is 8.65. The number of aliphatic hydroxyl groups is 1. The van der Waals surface area contributed by atoms with Crippen molar-refractivity contribution in [1.82, 2.24) is 15.3 Å². The molecule has 1 saturated heterocycles. The Balaban J connectivity index is 1.60. The molecular weight excluding hydrogens is 350 g/mol. The maximum absolute atomic E-state index is 12.1. The predicted molar refractivity (Wildman–Crippen MR) is 102 cm³/mol. The van der Waals surface area contributed by atoms with Crippen LogP contribution in [0.3, 0.4) is 0 Å². The number of pyridine rings is 1. The number of amides is 2. The van der Waals surface area contributed by atoms with E-state index in [1.165, 1.54) is 30.6 Å². The number of terminal acetylenes is 1. The Bertz CT molecular complexity index is 778. The first kappa shape index (κ1) is 18.2. The minimum Gasteiger partial charge on any atom is -0.394 e. The molecule has 2 aromatic heterocycles. The van der Waals surface area contributed by atoms with Crippen LogP contribution in [0, 0.1) is 12.3 Å². The highest BCUT2D eigenvalue weighted by molar-refractivity contribution is 7.10. The molecule has 0 unspecified atom stereocenters. The summed E-state index contributed by atoms with van der Waals surface area (Å²) in [7, 11) is 0. The minimum atomic E-state index is -0.601. The lowest BCUT2D eigenvalue weighted by molar-refractivity contribution is 0.224. The Labute approximate surface area is 156 Å². The Morgan fingerprint density at radius 1 is 1.38 bits per heavy atom. The molecule has 0 spiro atoms. The molecule has 1 atom stereocenters. The lowest BCUT2D eigenvalue weighted by Crippen LogP contribution is -2.35. The van der Waals surface area contributed by atoms with Gasteiger partial charge in [0.2, 0.25) is 0 Å². The number of hydrogen-bond acceptors (Lipinski definition) is 6. The van der Waals surface area contributed by atoms with Gasteiger partial charge in [0, 0.05) is 18.5 Å². The van der Waals surface area contributed by atoms with E-state index in [-0.39, 0.29) is 6.61 Å². The number of anilines is 2. The van der Waals surface area contributed by atoms with E-state index in [4.69, 9.17) is 6.42 Å². The average molecular weight is 371 g/mol. The maximum Gasteiger partial charge on any atom is 0.321 e. The Morgan fingerprint density at radius 3 is 2.81 bits per heavy atom. The predicted octanol–water partition coefficient (Wildman–Crippen LogP) is 2.36. The van der Waals surface area contributed by atoms with Crippen molar-refractivity contribution in [2.45, 2.75) is 25.3 Å². The summed E-state index contributed by atoms with van der Waals surface area (Å²) in [6.07, 6.45) is 10.7. The third kappa shape index (κ3) is 4.50. The van der Waals surface area contributed by atoms with Gasteiger partial charge in [0.15, 0.2) is 5.01 Å². The maximum atomic E-state index is 12.1. The molecule has 7 nitrogen and oxygen atoms in total. The van der Waals surface area contributed by atoms with Crippen LogP contribution in [0.4, 0.5) is 16.3 Å². The Kier molecular flexibility index (Phi) is 6.04. The molecule has 8 heteroatoms. The first-order valence-electron chi connectivity index (χ1n) is 8.51. The molecule has 1 aliphatic heterocycles. The molecule has 3 N–H and O–H groups in total. The van der Waals surface area contributed by atoms with E-state index < -0.39 is 12.1 Å². The summed E-state index contributed by atoms with van der Waals surface area (Å²) in [6, 6.07) is 2.75. The van der Waals surface area contributed by atoms with Crippen molar-refractivity contribution in [3.63, 3.8) is 0 Å². The number of aliphatic hydroxyl groups excluding tert-OH is 1. The van der Waals surface area contributed by atoms with Crippen molar-refractivity contribution in [1.29, 1.82) is 0 Å². The normalized spacial score (nSPS) is 15.2. The topological polar surface area (TPSA) is 90.4 Å². The zero-order valence-electron chi connectivity index (χ0n) is 14.3. The van der Waals surface area contributed by atoms with Crippen LogP contribution < -0.4 is 15.5 Å². The Morgan fingerprint density at radius 2 is 2.19 bits per heavy atom. The van der Waals surface area contributed by atoms with Crippen LogP contribution in [0.1, 0.15) is 36.0 Å². The number of hydrogen-bond donors (Lipinski definition) is 3. The van der Waals surface area contributed by atoms with Crippen LogP contribution in [0.15, 0.2) is 23.7 Å². The number of nitrogens with one attached hydrogen (secondary N) is 2. The van der Waals surface area contributed by atoms with E-state index in [1.54, 1.807) is 11.6 Å². The lowest BCUT2D eigenvalue weighted by atomic mass is 10.1. The molecule has 2 amide bonds. The van der Waals surface area contributed by atoms with Gasteiger partial charge in [0.05, 0.1) is 30.2 Å². The van der Waals surface area contributed by atoms with Crippen LogP contribution in [0.2, 0.25) is 0 Å². The third-order valence-corrected chi connectivity index (χ3v) is 4.98. The number of thiazole rings is 1. The summed E-state index contributed by atoms with van der Waals surface area (Å²) in [5, 5.41) is 17.1. The van der Waals surface area contributed by atoms with Gasteiger partial charge in [0.1, 0.15) is 5.82 Å². The highest BCUT2D eigenvalue weighted by atomic mass is 32.1. The van der Waals surface area contributed by atoms with Crippen molar-refractivity contribution in [3.05, 3.63) is 34.4 Å². The molecule has 26 heavy (non-hydrogen) atoms. The lowest BCUT2D eigenvalue weighted by Gasteiger charge is -2.28. The summed E-state index contributed by atoms with van der Waals surface area (Å²) in [6.45, 7) is 1.83. The smallest absolute Gasteiger partial charge is 0.321 e. The quantitative estimate of drug-likeness (QED) is 0.702. The molecule has 3 heterocycles. The molecular formula is C18H21N5O2S. The van der Waals surface area contributed by atoms with E-state index >= 15 is 0 Å². The second-order valence-electron chi connectivity index (χ2n) is 6.00. The zero-order valence-corrected chi connectivity index (χ0v) is 15.1. The third-order valence-electron chi connectivity index (χ3n) is 4.21. The molecule has 2 aromatic rings. The fourth-order valence-electron chi connectivity index (χ4n) is 2.86. The first-order chi connectivity index (χ1) is 12.7. The van der Waals surface area contributed by atoms with Gasteiger partial charge in [-0.25, -0.2) is 9.78 Å². The van der Waals surface area contributed by atoms with Crippen molar-refractivity contribution >= 4 is 28.9 Å². The molecule has 3 rings (SSSR count). The number of urea groups is 1. The number of carbonyl (C=O) groups is 1. The van der Waals surface area contributed by atoms with Gasteiger partial charge in [-0.3, -0.25) is 10.3 Å². The number of rotatable bonds is 5. The molecule has 0 aromatic carbocycles. The zero-order chi connectivity index (χ0) is 18.4. The number of nitrogens with zero attached hydrogens (tertiary/aromatic N) is 3. The summed E-state index contributed by atoms with van der Waals surface area (Å²) < 4.78 is 0. The van der Waals surface area contributed by atoms with E-state index in [0.717, 1.165) is 18.8 Å². The van der Waals surface area contributed by atoms with Gasteiger partial charge >= 0.3 is 6.03 Å². The minimum absolute atomic E-state index is 0.254. The molecule has 0 saturated carbocycles. The number of piperidine rings is 1. The molecule has 1 aliphatic rings. The summed E-state index contributed by atoms with van der Waals surface area (Å²) in [5.74, 6) is 2.79. The monoisotopic (exact) mass is 371 g/mol. The second-order valence-corrected chi connectivity index (χ2v) is 6.86. The van der Waals surface area contributed by atoms with E-state index in [9.17, 15) is 9.90 Å². The van der Waals surface area contributed by atoms with Crippen LogP contribution in [0.5, 0.6) is 0 Å². The summed E-state index contributed by atoms with van der Waals surface area (Å²) in [5.41, 5.74) is 1.67. The molecule has 136 valence electrons. The summed E-state index contributed by atoms with van der Waals surface area (Å²) in [4.78, 5) is 22.9. The summed E-state index contributed by atoms with van der Waals surface area (Å²) >= 11 is 1.27. The van der Waals surface area contributed by atoms with Gasteiger partial charge in [-0.05, 0) is 37.3 Å². The van der Waals surface area contributed by atoms with Gasteiger partial charge in [-0.2, -0.15) is 0 Å². The van der Waals surface area contributed by atoms with Gasteiger partial charge < -0.3 is 15.3 Å². The largest absolute Gasteiger partial charge is 0.394 e. The van der Waals surface area contributed by atoms with Gasteiger partial charge in [-0.15, -0.1) is 17.8 Å². The van der Waals surface area contributed by atoms with Gasteiger partial charge in [-0.1, -0.05) is 0 Å². The van der Waals surface area contributed by atoms with Crippen molar-refractivity contribution in [3.8, 4) is 12.3 Å². The Hall–Kier alpha value is -2.63. The van der Waals surface area contributed by atoms with Crippen LogP contribution in [0.25, 0.3) is 0 Å².